The zero-order valence-corrected chi connectivity index (χ0v) is 32.9. The fraction of sp³-hybridized carbons (Fsp3) is 0.784. The van der Waals surface area contributed by atoms with Crippen molar-refractivity contribution in [2.75, 3.05) is 149 Å². The average molecular weight is 695 g/mol. The summed E-state index contributed by atoms with van der Waals surface area (Å²) < 4.78 is 23.3. The van der Waals surface area contributed by atoms with Gasteiger partial charge in [-0.05, 0) is 152 Å². The van der Waals surface area contributed by atoms with E-state index in [4.69, 9.17) is 18.9 Å². The molecule has 1 aromatic carbocycles. The van der Waals surface area contributed by atoms with Crippen LogP contribution in [0, 0.1) is 5.92 Å². The first-order valence-corrected chi connectivity index (χ1v) is 18.0. The van der Waals surface area contributed by atoms with Crippen LogP contribution < -0.4 is 9.47 Å². The SMILES string of the molecule is COC(=O)c1cc(OCCN(CCCN(C)C)CCCN(C)C)c(C(=O)OCC(C)C)cc1OCCN(CCCN(C)C)CCCN(C)C. The quantitative estimate of drug-likeness (QED) is 0.120. The number of ether oxygens (including phenoxy) is 4. The molecular formula is C37H70N6O6. The Morgan fingerprint density at radius 2 is 0.898 bits per heavy atom. The van der Waals surface area contributed by atoms with Gasteiger partial charge in [0.15, 0.2) is 0 Å². The lowest BCUT2D eigenvalue weighted by atomic mass is 10.1. The van der Waals surface area contributed by atoms with Crippen LogP contribution >= 0.6 is 0 Å². The number of hydrogen-bond donors (Lipinski definition) is 0. The summed E-state index contributed by atoms with van der Waals surface area (Å²) >= 11 is 0. The normalized spacial score (nSPS) is 12.0. The first-order valence-electron chi connectivity index (χ1n) is 18.0. The van der Waals surface area contributed by atoms with Gasteiger partial charge in [0, 0.05) is 13.1 Å². The third kappa shape index (κ3) is 20.7. The molecule has 0 N–H and O–H groups in total. The van der Waals surface area contributed by atoms with Gasteiger partial charge in [0.1, 0.15) is 35.8 Å². The van der Waals surface area contributed by atoms with Crippen molar-refractivity contribution < 1.29 is 28.5 Å². The zero-order valence-electron chi connectivity index (χ0n) is 32.9. The van der Waals surface area contributed by atoms with E-state index in [0.29, 0.717) is 26.3 Å². The highest BCUT2D eigenvalue weighted by atomic mass is 16.5. The minimum atomic E-state index is -0.551. The molecule has 0 saturated heterocycles. The van der Waals surface area contributed by atoms with Gasteiger partial charge in [-0.15, -0.1) is 0 Å². The van der Waals surface area contributed by atoms with Gasteiger partial charge in [0.05, 0.1) is 13.7 Å². The van der Waals surface area contributed by atoms with Crippen LogP contribution in [-0.2, 0) is 9.47 Å². The molecule has 0 saturated carbocycles. The predicted octanol–water partition coefficient (Wildman–Crippen LogP) is 3.45. The summed E-state index contributed by atoms with van der Waals surface area (Å²) in [6, 6.07) is 3.15. The van der Waals surface area contributed by atoms with Crippen LogP contribution in [0.3, 0.4) is 0 Å². The smallest absolute Gasteiger partial charge is 0.342 e. The Bertz CT molecular complexity index is 1020. The van der Waals surface area contributed by atoms with Gasteiger partial charge < -0.3 is 38.5 Å². The third-order valence-electron chi connectivity index (χ3n) is 7.90. The molecular weight excluding hydrogens is 624 g/mol. The van der Waals surface area contributed by atoms with E-state index in [-0.39, 0.29) is 35.2 Å². The molecule has 0 unspecified atom stereocenters. The van der Waals surface area contributed by atoms with Gasteiger partial charge in [-0.2, -0.15) is 0 Å². The number of hydrogen-bond acceptors (Lipinski definition) is 12. The van der Waals surface area contributed by atoms with E-state index in [9.17, 15) is 9.59 Å². The summed E-state index contributed by atoms with van der Waals surface area (Å²) in [7, 11) is 18.0. The Hall–Kier alpha value is -2.48. The number of benzene rings is 1. The van der Waals surface area contributed by atoms with Crippen molar-refractivity contribution in [3.63, 3.8) is 0 Å². The third-order valence-corrected chi connectivity index (χ3v) is 7.90. The maximum Gasteiger partial charge on any atom is 0.342 e. The molecule has 0 aromatic heterocycles. The molecule has 0 radical (unpaired) electrons. The van der Waals surface area contributed by atoms with Crippen molar-refractivity contribution in [2.24, 2.45) is 5.92 Å². The molecule has 0 amide bonds. The van der Waals surface area contributed by atoms with Crippen molar-refractivity contribution >= 4 is 11.9 Å². The lowest BCUT2D eigenvalue weighted by Gasteiger charge is -2.25. The Balaban J connectivity index is 3.22. The molecule has 12 nitrogen and oxygen atoms in total. The topological polar surface area (TPSA) is 90.5 Å². The summed E-state index contributed by atoms with van der Waals surface area (Å²) in [5.41, 5.74) is 0.461. The molecule has 1 rings (SSSR count). The maximum atomic E-state index is 13.4. The number of carbonyl (C=O) groups excluding carboxylic acids is 2. The second-order valence-corrected chi connectivity index (χ2v) is 14.3. The van der Waals surface area contributed by atoms with E-state index >= 15 is 0 Å². The van der Waals surface area contributed by atoms with Crippen molar-refractivity contribution in [3.8, 4) is 11.5 Å². The number of esters is 2. The van der Waals surface area contributed by atoms with Gasteiger partial charge >= 0.3 is 11.9 Å². The van der Waals surface area contributed by atoms with Crippen molar-refractivity contribution in [3.05, 3.63) is 23.3 Å². The second-order valence-electron chi connectivity index (χ2n) is 14.3. The molecule has 284 valence electrons. The highest BCUT2D eigenvalue weighted by molar-refractivity contribution is 5.98. The molecule has 0 spiro atoms. The van der Waals surface area contributed by atoms with E-state index in [1.807, 2.05) is 13.8 Å². The van der Waals surface area contributed by atoms with Gasteiger partial charge in [-0.1, -0.05) is 13.8 Å². The van der Waals surface area contributed by atoms with Crippen LogP contribution in [0.1, 0.15) is 60.2 Å². The van der Waals surface area contributed by atoms with E-state index in [1.165, 1.54) is 7.11 Å². The summed E-state index contributed by atoms with van der Waals surface area (Å²) in [5.74, 6) is -0.317. The second kappa shape index (κ2) is 25.5. The van der Waals surface area contributed by atoms with Gasteiger partial charge in [0.25, 0.3) is 0 Å². The lowest BCUT2D eigenvalue weighted by molar-refractivity contribution is 0.0451. The van der Waals surface area contributed by atoms with Crippen LogP contribution in [0.4, 0.5) is 0 Å². The average Bonchev–Trinajstić information content (AvgIpc) is 3.02. The highest BCUT2D eigenvalue weighted by Gasteiger charge is 2.24. The molecule has 0 heterocycles. The van der Waals surface area contributed by atoms with Crippen LogP contribution in [0.25, 0.3) is 0 Å². The van der Waals surface area contributed by atoms with Crippen LogP contribution in [0.5, 0.6) is 11.5 Å². The largest absolute Gasteiger partial charge is 0.491 e. The number of rotatable bonds is 28. The predicted molar refractivity (Wildman–Crippen MR) is 199 cm³/mol. The van der Waals surface area contributed by atoms with Gasteiger partial charge in [-0.25, -0.2) is 9.59 Å². The molecule has 0 aliphatic rings. The van der Waals surface area contributed by atoms with Crippen molar-refractivity contribution in [1.82, 2.24) is 29.4 Å². The first kappa shape index (κ1) is 44.5. The molecule has 49 heavy (non-hydrogen) atoms. The zero-order chi connectivity index (χ0) is 36.8. The van der Waals surface area contributed by atoms with Crippen molar-refractivity contribution in [2.45, 2.75) is 39.5 Å². The van der Waals surface area contributed by atoms with E-state index in [2.05, 4.69) is 85.8 Å². The number of carbonyl (C=O) groups is 2. The van der Waals surface area contributed by atoms with E-state index in [1.54, 1.807) is 12.1 Å². The van der Waals surface area contributed by atoms with Crippen LogP contribution in [-0.4, -0.2) is 190 Å². The molecule has 0 aliphatic heterocycles. The van der Waals surface area contributed by atoms with E-state index < -0.39 is 11.9 Å². The Kier molecular flexibility index (Phi) is 23.2. The fourth-order valence-electron chi connectivity index (χ4n) is 5.23. The Morgan fingerprint density at radius 1 is 0.551 bits per heavy atom. The summed E-state index contributed by atoms with van der Waals surface area (Å²) in [4.78, 5) is 40.0. The standard InChI is InChI=1S/C37H70N6O6/c1-31(2)30-49-37(45)33-29-34(47-26-24-42(20-12-16-38(3)4)21-13-17-39(5)6)32(36(44)46-11)28-35(33)48-27-25-43(22-14-18-40(7)8)23-15-19-41(9)10/h28-29,31H,12-27,30H2,1-11H3. The van der Waals surface area contributed by atoms with E-state index in [0.717, 1.165) is 78.0 Å². The minimum absolute atomic E-state index is 0.169. The van der Waals surface area contributed by atoms with Crippen molar-refractivity contribution in [1.29, 1.82) is 0 Å². The van der Waals surface area contributed by atoms with Crippen LogP contribution in [0.15, 0.2) is 12.1 Å². The Morgan fingerprint density at radius 3 is 1.20 bits per heavy atom. The molecule has 0 aliphatic carbocycles. The number of methoxy groups -OCH3 is 1. The summed E-state index contributed by atoms with van der Waals surface area (Å²) in [6.07, 6.45) is 4.18. The lowest BCUT2D eigenvalue weighted by Crippen LogP contribution is -2.33. The minimum Gasteiger partial charge on any atom is -0.491 e. The molecule has 0 atom stereocenters. The summed E-state index contributed by atoms with van der Waals surface area (Å²) in [5, 5.41) is 0. The summed E-state index contributed by atoms with van der Waals surface area (Å²) in [6.45, 7) is 14.1. The number of nitrogens with zero attached hydrogens (tertiary/aromatic N) is 6. The molecule has 0 bridgehead atoms. The fourth-order valence-corrected chi connectivity index (χ4v) is 5.23. The monoisotopic (exact) mass is 695 g/mol. The molecule has 0 fully saturated rings. The molecule has 12 heteroatoms. The highest BCUT2D eigenvalue weighted by Crippen LogP contribution is 2.31. The van der Waals surface area contributed by atoms with Gasteiger partial charge in [0.2, 0.25) is 0 Å². The first-order chi connectivity index (χ1) is 23.2. The maximum absolute atomic E-state index is 13.4. The van der Waals surface area contributed by atoms with Gasteiger partial charge in [-0.3, -0.25) is 9.80 Å². The van der Waals surface area contributed by atoms with Crippen LogP contribution in [0.2, 0.25) is 0 Å². The Labute approximate surface area is 298 Å². The molecule has 1 aromatic rings.